The number of aromatic nitrogens is 1. The second-order valence-electron chi connectivity index (χ2n) is 5.55. The summed E-state index contributed by atoms with van der Waals surface area (Å²) in [5.74, 6) is 1.13. The molecule has 2 N–H and O–H groups in total. The highest BCUT2D eigenvalue weighted by molar-refractivity contribution is 6.32. The van der Waals surface area contributed by atoms with E-state index in [1.165, 1.54) is 0 Å². The first-order valence-corrected chi connectivity index (χ1v) is 7.47. The number of hydrogen-bond donors (Lipinski definition) is 1. The van der Waals surface area contributed by atoms with Gasteiger partial charge in [-0.3, -0.25) is 0 Å². The zero-order valence-corrected chi connectivity index (χ0v) is 13.1. The normalized spacial score (nSPS) is 15.4. The van der Waals surface area contributed by atoms with Crippen molar-refractivity contribution in [3.63, 3.8) is 0 Å². The summed E-state index contributed by atoms with van der Waals surface area (Å²) >= 11 is 6.00. The van der Waals surface area contributed by atoms with Crippen LogP contribution in [0.5, 0.6) is 5.88 Å². The Hall–Kier alpha value is -1.55. The molecule has 0 saturated carbocycles. The predicted octanol–water partition coefficient (Wildman–Crippen LogP) is 4.38. The van der Waals surface area contributed by atoms with Gasteiger partial charge < -0.3 is 10.5 Å². The molecule has 0 atom stereocenters. The van der Waals surface area contributed by atoms with E-state index in [1.807, 2.05) is 6.07 Å². The SMILES string of the molecule is CC(C)Cc1ccc(OCC2=C(F)CCC=C2Cl)nc1N. The first kappa shape index (κ1) is 15.8. The van der Waals surface area contributed by atoms with E-state index in [0.717, 1.165) is 12.0 Å². The topological polar surface area (TPSA) is 48.1 Å². The first-order valence-electron chi connectivity index (χ1n) is 7.09. The second-order valence-corrected chi connectivity index (χ2v) is 5.96. The lowest BCUT2D eigenvalue weighted by Gasteiger charge is -2.15. The van der Waals surface area contributed by atoms with E-state index in [0.29, 0.717) is 41.1 Å². The standard InChI is InChI=1S/C16H20ClFN2O/c1-10(2)8-11-6-7-15(20-16(11)19)21-9-12-13(17)4-3-5-14(12)18/h4,6-7,10H,3,5,8-9H2,1-2H3,(H2,19,20). The largest absolute Gasteiger partial charge is 0.473 e. The van der Waals surface area contributed by atoms with E-state index < -0.39 is 0 Å². The molecule has 0 bridgehead atoms. The summed E-state index contributed by atoms with van der Waals surface area (Å²) in [5.41, 5.74) is 7.31. The Kier molecular flexibility index (Phi) is 5.23. The summed E-state index contributed by atoms with van der Waals surface area (Å²) in [4.78, 5) is 4.21. The van der Waals surface area contributed by atoms with Gasteiger partial charge in [-0.15, -0.1) is 0 Å². The van der Waals surface area contributed by atoms with E-state index >= 15 is 0 Å². The molecule has 0 amide bonds. The highest BCUT2D eigenvalue weighted by atomic mass is 35.5. The molecule has 1 aromatic heterocycles. The number of ether oxygens (including phenoxy) is 1. The number of rotatable bonds is 5. The summed E-state index contributed by atoms with van der Waals surface area (Å²) < 4.78 is 19.2. The summed E-state index contributed by atoms with van der Waals surface area (Å²) in [6.45, 7) is 4.31. The van der Waals surface area contributed by atoms with Crippen LogP contribution in [-0.4, -0.2) is 11.6 Å². The van der Waals surface area contributed by atoms with Crippen LogP contribution in [0.2, 0.25) is 0 Å². The van der Waals surface area contributed by atoms with Gasteiger partial charge in [0.05, 0.1) is 0 Å². The van der Waals surface area contributed by atoms with Crippen molar-refractivity contribution in [3.05, 3.63) is 40.2 Å². The van der Waals surface area contributed by atoms with Crippen LogP contribution in [0.1, 0.15) is 32.3 Å². The van der Waals surface area contributed by atoms with Crippen LogP contribution < -0.4 is 10.5 Å². The summed E-state index contributed by atoms with van der Waals surface area (Å²) in [6.07, 6.45) is 3.67. The lowest BCUT2D eigenvalue weighted by Crippen LogP contribution is -2.09. The van der Waals surface area contributed by atoms with Crippen LogP contribution >= 0.6 is 11.6 Å². The maximum atomic E-state index is 13.7. The Morgan fingerprint density at radius 1 is 1.43 bits per heavy atom. The van der Waals surface area contributed by atoms with Gasteiger partial charge in [0.15, 0.2) is 0 Å². The van der Waals surface area contributed by atoms with Gasteiger partial charge in [-0.25, -0.2) is 4.39 Å². The highest BCUT2D eigenvalue weighted by Gasteiger charge is 2.16. The quantitative estimate of drug-likeness (QED) is 0.878. The fourth-order valence-corrected chi connectivity index (χ4v) is 2.47. The summed E-state index contributed by atoms with van der Waals surface area (Å²) in [5, 5.41) is 0.420. The molecule has 114 valence electrons. The third-order valence-corrected chi connectivity index (χ3v) is 3.66. The molecule has 0 spiro atoms. The number of nitrogens with zero attached hydrogens (tertiary/aromatic N) is 1. The number of nitrogens with two attached hydrogens (primary N) is 1. The second kappa shape index (κ2) is 6.94. The number of halogens is 2. The van der Waals surface area contributed by atoms with E-state index in [9.17, 15) is 4.39 Å². The van der Waals surface area contributed by atoms with Crippen LogP contribution in [0.15, 0.2) is 34.6 Å². The van der Waals surface area contributed by atoms with E-state index in [-0.39, 0.29) is 12.4 Å². The van der Waals surface area contributed by atoms with Crippen LogP contribution in [0.4, 0.5) is 10.2 Å². The van der Waals surface area contributed by atoms with Crippen molar-refractivity contribution in [2.75, 3.05) is 12.3 Å². The molecular formula is C16H20ClFN2O. The molecule has 0 aromatic carbocycles. The molecule has 1 aliphatic carbocycles. The van der Waals surface area contributed by atoms with Gasteiger partial charge in [-0.05, 0) is 30.4 Å². The van der Waals surface area contributed by atoms with Crippen molar-refractivity contribution >= 4 is 17.4 Å². The van der Waals surface area contributed by atoms with Gasteiger partial charge in [-0.2, -0.15) is 4.98 Å². The minimum Gasteiger partial charge on any atom is -0.473 e. The van der Waals surface area contributed by atoms with E-state index in [1.54, 1.807) is 12.1 Å². The van der Waals surface area contributed by atoms with Crippen molar-refractivity contribution in [2.24, 2.45) is 5.92 Å². The Bertz CT molecular complexity index is 582. The molecule has 1 heterocycles. The van der Waals surface area contributed by atoms with Crippen molar-refractivity contribution in [1.29, 1.82) is 0 Å². The summed E-state index contributed by atoms with van der Waals surface area (Å²) in [7, 11) is 0. The van der Waals surface area contributed by atoms with Gasteiger partial charge in [0.1, 0.15) is 18.3 Å². The Balaban J connectivity index is 2.04. The molecule has 0 aliphatic heterocycles. The van der Waals surface area contributed by atoms with Crippen molar-refractivity contribution < 1.29 is 9.13 Å². The fraction of sp³-hybridized carbons (Fsp3) is 0.438. The molecule has 1 aromatic rings. The minimum atomic E-state index is -0.216. The minimum absolute atomic E-state index is 0.0666. The molecule has 3 nitrogen and oxygen atoms in total. The van der Waals surface area contributed by atoms with Gasteiger partial charge in [0.25, 0.3) is 0 Å². The van der Waals surface area contributed by atoms with Gasteiger partial charge >= 0.3 is 0 Å². The lowest BCUT2D eigenvalue weighted by molar-refractivity contribution is 0.335. The average Bonchev–Trinajstić information content (AvgIpc) is 2.41. The molecule has 0 unspecified atom stereocenters. The molecule has 1 aliphatic rings. The maximum absolute atomic E-state index is 13.7. The molecule has 0 fully saturated rings. The van der Waals surface area contributed by atoms with Crippen LogP contribution in [0.25, 0.3) is 0 Å². The third kappa shape index (κ3) is 4.21. The third-order valence-electron chi connectivity index (χ3n) is 3.28. The van der Waals surface area contributed by atoms with Crippen LogP contribution in [-0.2, 0) is 6.42 Å². The molecular weight excluding hydrogens is 291 g/mol. The monoisotopic (exact) mass is 310 g/mol. The molecule has 21 heavy (non-hydrogen) atoms. The van der Waals surface area contributed by atoms with Crippen LogP contribution in [0.3, 0.4) is 0 Å². The van der Waals surface area contributed by atoms with Crippen molar-refractivity contribution in [1.82, 2.24) is 4.98 Å². The summed E-state index contributed by atoms with van der Waals surface area (Å²) in [6, 6.07) is 3.66. The Labute approximate surface area is 129 Å². The molecule has 5 heteroatoms. The smallest absolute Gasteiger partial charge is 0.215 e. The van der Waals surface area contributed by atoms with Crippen molar-refractivity contribution in [3.8, 4) is 5.88 Å². The number of anilines is 1. The van der Waals surface area contributed by atoms with Crippen molar-refractivity contribution in [2.45, 2.75) is 33.1 Å². The average molecular weight is 311 g/mol. The van der Waals surface area contributed by atoms with Gasteiger partial charge in [0.2, 0.25) is 5.88 Å². The molecule has 0 radical (unpaired) electrons. The van der Waals surface area contributed by atoms with E-state index in [2.05, 4.69) is 18.8 Å². The number of allylic oxidation sites excluding steroid dienone is 2. The number of nitrogen functional groups attached to an aromatic ring is 1. The number of pyridine rings is 1. The zero-order chi connectivity index (χ0) is 15.4. The van der Waals surface area contributed by atoms with Gasteiger partial charge in [0, 0.05) is 23.1 Å². The Morgan fingerprint density at radius 3 is 2.81 bits per heavy atom. The molecule has 2 rings (SSSR count). The highest BCUT2D eigenvalue weighted by Crippen LogP contribution is 2.29. The lowest BCUT2D eigenvalue weighted by atomic mass is 10.0. The van der Waals surface area contributed by atoms with Gasteiger partial charge in [-0.1, -0.05) is 31.5 Å². The molecule has 0 saturated heterocycles. The maximum Gasteiger partial charge on any atom is 0.215 e. The Morgan fingerprint density at radius 2 is 2.19 bits per heavy atom. The number of hydrogen-bond acceptors (Lipinski definition) is 3. The predicted molar refractivity (Wildman–Crippen MR) is 84.0 cm³/mol. The van der Waals surface area contributed by atoms with Crippen LogP contribution in [0, 0.1) is 5.92 Å². The zero-order valence-electron chi connectivity index (χ0n) is 12.3. The first-order chi connectivity index (χ1) is 9.97. The van der Waals surface area contributed by atoms with E-state index in [4.69, 9.17) is 22.1 Å². The fourth-order valence-electron chi connectivity index (χ4n) is 2.20.